The molecule has 2 aliphatic heterocycles. The molecule has 0 saturated carbocycles. The number of carbonyl (C=O) groups excluding carboxylic acids is 1. The molecule has 2 aliphatic rings. The number of anilines is 2. The van der Waals surface area contributed by atoms with E-state index < -0.39 is 0 Å². The van der Waals surface area contributed by atoms with Crippen molar-refractivity contribution in [3.05, 3.63) is 12.4 Å². The fraction of sp³-hybridized carbons (Fsp3) is 0.722. The van der Waals surface area contributed by atoms with Gasteiger partial charge in [-0.25, -0.2) is 9.97 Å². The highest BCUT2D eigenvalue weighted by atomic mass is 16.5. The zero-order valence-electron chi connectivity index (χ0n) is 15.4. The van der Waals surface area contributed by atoms with E-state index in [9.17, 15) is 4.79 Å². The number of nitrogens with zero attached hydrogens (tertiary/aromatic N) is 4. The lowest BCUT2D eigenvalue weighted by molar-refractivity contribution is -0.141. The summed E-state index contributed by atoms with van der Waals surface area (Å²) in [5.41, 5.74) is 0. The van der Waals surface area contributed by atoms with Gasteiger partial charge in [-0.05, 0) is 38.5 Å². The predicted molar refractivity (Wildman–Crippen MR) is 97.7 cm³/mol. The lowest BCUT2D eigenvalue weighted by Gasteiger charge is -2.35. The number of rotatable bonds is 5. The Balaban J connectivity index is 1.55. The molecule has 0 unspecified atom stereocenters. The van der Waals surface area contributed by atoms with Crippen LogP contribution in [0.5, 0.6) is 0 Å². The van der Waals surface area contributed by atoms with Crippen LogP contribution in [-0.4, -0.2) is 66.7 Å². The van der Waals surface area contributed by atoms with Crippen LogP contribution in [0.25, 0.3) is 0 Å². The quantitative estimate of drug-likeness (QED) is 0.875. The van der Waals surface area contributed by atoms with Gasteiger partial charge in [-0.15, -0.1) is 0 Å². The van der Waals surface area contributed by atoms with Gasteiger partial charge in [0.05, 0.1) is 6.10 Å². The molecule has 1 aromatic rings. The third kappa shape index (κ3) is 4.03. The van der Waals surface area contributed by atoms with Crippen LogP contribution in [0.3, 0.4) is 0 Å². The van der Waals surface area contributed by atoms with Crippen molar-refractivity contribution >= 4 is 17.5 Å². The Morgan fingerprint density at radius 1 is 1.24 bits per heavy atom. The van der Waals surface area contributed by atoms with E-state index in [2.05, 4.69) is 27.1 Å². The third-order valence-corrected chi connectivity index (χ3v) is 5.16. The average Bonchev–Trinajstić information content (AvgIpc) is 3.12. The number of hydrogen-bond donors (Lipinski definition) is 1. The summed E-state index contributed by atoms with van der Waals surface area (Å²) in [5.74, 6) is 2.42. The topological polar surface area (TPSA) is 70.6 Å². The molecule has 0 aliphatic carbocycles. The first kappa shape index (κ1) is 17.9. The van der Waals surface area contributed by atoms with E-state index in [1.54, 1.807) is 31.4 Å². The van der Waals surface area contributed by atoms with Crippen LogP contribution in [-0.2, 0) is 9.53 Å². The Hall–Kier alpha value is -1.89. The Bertz CT molecular complexity index is 587. The molecule has 0 spiro atoms. The van der Waals surface area contributed by atoms with Gasteiger partial charge in [-0.3, -0.25) is 4.79 Å². The van der Waals surface area contributed by atoms with Crippen LogP contribution in [0.1, 0.15) is 32.6 Å². The SMILES string of the molecule is CCNc1nccnc1N1CCC([C@@H]2CC[C@H](C(=O)N(C)C)O2)CC1. The second kappa shape index (κ2) is 7.99. The summed E-state index contributed by atoms with van der Waals surface area (Å²) in [4.78, 5) is 24.9. The van der Waals surface area contributed by atoms with Crippen molar-refractivity contribution in [3.8, 4) is 0 Å². The molecule has 2 fully saturated rings. The lowest BCUT2D eigenvalue weighted by atomic mass is 9.89. The van der Waals surface area contributed by atoms with E-state index in [4.69, 9.17) is 4.74 Å². The molecule has 3 rings (SSSR count). The van der Waals surface area contributed by atoms with E-state index >= 15 is 0 Å². The van der Waals surface area contributed by atoms with Crippen LogP contribution < -0.4 is 10.2 Å². The fourth-order valence-corrected chi connectivity index (χ4v) is 3.82. The van der Waals surface area contributed by atoms with Gasteiger partial charge < -0.3 is 19.9 Å². The van der Waals surface area contributed by atoms with Crippen molar-refractivity contribution in [2.75, 3.05) is 43.9 Å². The van der Waals surface area contributed by atoms with Crippen LogP contribution in [0, 0.1) is 5.92 Å². The van der Waals surface area contributed by atoms with Gasteiger partial charge in [-0.2, -0.15) is 0 Å². The number of aromatic nitrogens is 2. The van der Waals surface area contributed by atoms with E-state index in [0.717, 1.165) is 57.0 Å². The summed E-state index contributed by atoms with van der Waals surface area (Å²) in [6.07, 6.45) is 7.40. The van der Waals surface area contributed by atoms with Crippen molar-refractivity contribution in [2.45, 2.75) is 44.8 Å². The summed E-state index contributed by atoms with van der Waals surface area (Å²) in [6.45, 7) is 4.80. The summed E-state index contributed by atoms with van der Waals surface area (Å²) >= 11 is 0. The molecule has 2 saturated heterocycles. The molecule has 7 nitrogen and oxygen atoms in total. The van der Waals surface area contributed by atoms with E-state index in [1.165, 1.54) is 0 Å². The first-order valence-electron chi connectivity index (χ1n) is 9.26. The second-order valence-corrected chi connectivity index (χ2v) is 7.06. The first-order chi connectivity index (χ1) is 12.1. The van der Waals surface area contributed by atoms with Gasteiger partial charge in [0.15, 0.2) is 11.6 Å². The maximum absolute atomic E-state index is 12.1. The standard InChI is InChI=1S/C18H29N5O2/c1-4-19-16-17(21-10-9-20-16)23-11-7-13(8-12-23)14-5-6-15(25-14)18(24)22(2)3/h9-10,13-15H,4-8,11-12H2,1-3H3,(H,19,20)/t14-,15+/m0/s1. The van der Waals surface area contributed by atoms with Crippen molar-refractivity contribution in [1.82, 2.24) is 14.9 Å². The largest absolute Gasteiger partial charge is 0.367 e. The maximum Gasteiger partial charge on any atom is 0.251 e. The van der Waals surface area contributed by atoms with Gasteiger partial charge in [0, 0.05) is 46.1 Å². The van der Waals surface area contributed by atoms with E-state index in [1.807, 2.05) is 0 Å². The molecule has 0 aromatic carbocycles. The molecule has 0 radical (unpaired) electrons. The molecule has 1 aromatic heterocycles. The van der Waals surface area contributed by atoms with Crippen LogP contribution in [0.15, 0.2) is 12.4 Å². The van der Waals surface area contributed by atoms with E-state index in [0.29, 0.717) is 5.92 Å². The number of ether oxygens (including phenoxy) is 1. The fourth-order valence-electron chi connectivity index (χ4n) is 3.82. The number of amides is 1. The first-order valence-corrected chi connectivity index (χ1v) is 9.26. The Morgan fingerprint density at radius 2 is 1.96 bits per heavy atom. The van der Waals surface area contributed by atoms with Crippen LogP contribution in [0.2, 0.25) is 0 Å². The van der Waals surface area contributed by atoms with Gasteiger partial charge in [0.1, 0.15) is 6.10 Å². The van der Waals surface area contributed by atoms with Crippen molar-refractivity contribution in [2.24, 2.45) is 5.92 Å². The number of likely N-dealkylation sites (N-methyl/N-ethyl adjacent to an activating group) is 1. The van der Waals surface area contributed by atoms with Crippen LogP contribution in [0.4, 0.5) is 11.6 Å². The summed E-state index contributed by atoms with van der Waals surface area (Å²) < 4.78 is 6.08. The smallest absolute Gasteiger partial charge is 0.251 e. The Kier molecular flexibility index (Phi) is 5.73. The molecule has 2 atom stereocenters. The van der Waals surface area contributed by atoms with Crippen molar-refractivity contribution < 1.29 is 9.53 Å². The minimum absolute atomic E-state index is 0.0924. The van der Waals surface area contributed by atoms with Gasteiger partial charge >= 0.3 is 0 Å². The molecule has 138 valence electrons. The predicted octanol–water partition coefficient (Wildman–Crippen LogP) is 1.76. The Morgan fingerprint density at radius 3 is 2.64 bits per heavy atom. The summed E-state index contributed by atoms with van der Waals surface area (Å²) in [6, 6.07) is 0. The Labute approximate surface area is 149 Å². The third-order valence-electron chi connectivity index (χ3n) is 5.16. The average molecular weight is 347 g/mol. The number of hydrogen-bond acceptors (Lipinski definition) is 6. The summed E-state index contributed by atoms with van der Waals surface area (Å²) in [7, 11) is 3.58. The number of carbonyl (C=O) groups is 1. The molecule has 3 heterocycles. The van der Waals surface area contributed by atoms with Crippen LogP contribution >= 0.6 is 0 Å². The van der Waals surface area contributed by atoms with Crippen molar-refractivity contribution in [3.63, 3.8) is 0 Å². The summed E-state index contributed by atoms with van der Waals surface area (Å²) in [5, 5.41) is 3.29. The highest BCUT2D eigenvalue weighted by Crippen LogP contribution is 2.34. The normalized spacial score (nSPS) is 24.4. The van der Waals surface area contributed by atoms with Crippen molar-refractivity contribution in [1.29, 1.82) is 0 Å². The second-order valence-electron chi connectivity index (χ2n) is 7.06. The molecule has 0 bridgehead atoms. The minimum Gasteiger partial charge on any atom is -0.367 e. The molecule has 1 amide bonds. The van der Waals surface area contributed by atoms with Gasteiger partial charge in [-0.1, -0.05) is 0 Å². The van der Waals surface area contributed by atoms with E-state index in [-0.39, 0.29) is 18.1 Å². The zero-order chi connectivity index (χ0) is 17.8. The highest BCUT2D eigenvalue weighted by Gasteiger charge is 2.37. The van der Waals surface area contributed by atoms with Gasteiger partial charge in [0.25, 0.3) is 5.91 Å². The zero-order valence-corrected chi connectivity index (χ0v) is 15.4. The molecular formula is C18H29N5O2. The molecular weight excluding hydrogens is 318 g/mol. The molecule has 1 N–H and O–H groups in total. The lowest BCUT2D eigenvalue weighted by Crippen LogP contribution is -2.39. The minimum atomic E-state index is -0.252. The number of nitrogens with one attached hydrogen (secondary N) is 1. The molecule has 7 heteroatoms. The van der Waals surface area contributed by atoms with Gasteiger partial charge in [0.2, 0.25) is 0 Å². The highest BCUT2D eigenvalue weighted by molar-refractivity contribution is 5.80. The monoisotopic (exact) mass is 347 g/mol. The molecule has 25 heavy (non-hydrogen) atoms. The number of piperidine rings is 1. The maximum atomic E-state index is 12.1.